The molecular weight excluding hydrogens is 170 g/mol. The van der Waals surface area contributed by atoms with Crippen molar-refractivity contribution in [2.45, 2.75) is 12.8 Å². The van der Waals surface area contributed by atoms with Gasteiger partial charge in [-0.15, -0.1) is 0 Å². The number of esters is 1. The lowest BCUT2D eigenvalue weighted by molar-refractivity contribution is -0.142. The highest BCUT2D eigenvalue weighted by molar-refractivity contribution is 5.71. The summed E-state index contributed by atoms with van der Waals surface area (Å²) in [4.78, 5) is 23.4. The van der Waals surface area contributed by atoms with Crippen LogP contribution in [0.1, 0.15) is 12.8 Å². The van der Waals surface area contributed by atoms with Gasteiger partial charge in [0.15, 0.2) is 0 Å². The molecule has 0 N–H and O–H groups in total. The number of carbonyl (C=O) groups is 2. The fourth-order valence-electron chi connectivity index (χ4n) is 1.49. The maximum absolute atomic E-state index is 10.9. The molecule has 0 bridgehead atoms. The molecule has 1 aliphatic heterocycles. The standard InChI is InChI=1S/C9H15NO3/c1-13-9(12)6-10-4-2-8(7-11)3-5-10/h7-8H,2-6H2,1H3. The van der Waals surface area contributed by atoms with Gasteiger partial charge in [-0.1, -0.05) is 0 Å². The van der Waals surface area contributed by atoms with Gasteiger partial charge in [0.05, 0.1) is 13.7 Å². The van der Waals surface area contributed by atoms with Gasteiger partial charge in [-0.3, -0.25) is 9.69 Å². The molecule has 1 fully saturated rings. The molecule has 1 heterocycles. The maximum atomic E-state index is 10.9. The minimum absolute atomic E-state index is 0.189. The molecule has 0 aromatic heterocycles. The summed E-state index contributed by atoms with van der Waals surface area (Å²) in [7, 11) is 1.39. The van der Waals surface area contributed by atoms with E-state index in [0.717, 1.165) is 32.2 Å². The van der Waals surface area contributed by atoms with E-state index in [1.807, 2.05) is 4.90 Å². The second-order valence-corrected chi connectivity index (χ2v) is 3.33. The first kappa shape index (κ1) is 10.2. The van der Waals surface area contributed by atoms with Crippen LogP contribution in [0, 0.1) is 5.92 Å². The van der Waals surface area contributed by atoms with E-state index in [4.69, 9.17) is 0 Å². The summed E-state index contributed by atoms with van der Waals surface area (Å²) in [5.74, 6) is -0.0153. The molecule has 1 rings (SSSR count). The van der Waals surface area contributed by atoms with E-state index in [2.05, 4.69) is 4.74 Å². The molecule has 4 heteroatoms. The molecule has 0 aromatic rings. The minimum Gasteiger partial charge on any atom is -0.468 e. The molecule has 0 atom stereocenters. The van der Waals surface area contributed by atoms with Crippen molar-refractivity contribution in [3.05, 3.63) is 0 Å². The lowest BCUT2D eigenvalue weighted by atomic mass is 9.99. The van der Waals surface area contributed by atoms with Crippen LogP contribution in [0.3, 0.4) is 0 Å². The molecular formula is C9H15NO3. The number of hydrogen-bond donors (Lipinski definition) is 0. The number of ether oxygens (including phenoxy) is 1. The average molecular weight is 185 g/mol. The Morgan fingerprint density at radius 1 is 1.54 bits per heavy atom. The lowest BCUT2D eigenvalue weighted by Gasteiger charge is -2.28. The zero-order valence-corrected chi connectivity index (χ0v) is 7.86. The summed E-state index contributed by atoms with van der Waals surface area (Å²) in [5.41, 5.74) is 0. The van der Waals surface area contributed by atoms with Gasteiger partial charge in [0.25, 0.3) is 0 Å². The normalized spacial score (nSPS) is 19.8. The number of methoxy groups -OCH3 is 1. The Morgan fingerprint density at radius 3 is 2.62 bits per heavy atom. The zero-order chi connectivity index (χ0) is 9.68. The average Bonchev–Trinajstić information content (AvgIpc) is 2.19. The van der Waals surface area contributed by atoms with Crippen molar-refractivity contribution in [1.29, 1.82) is 0 Å². The van der Waals surface area contributed by atoms with Gasteiger partial charge in [-0.25, -0.2) is 0 Å². The molecule has 0 spiro atoms. The number of hydrogen-bond acceptors (Lipinski definition) is 4. The molecule has 0 aliphatic carbocycles. The Labute approximate surface area is 77.8 Å². The fraction of sp³-hybridized carbons (Fsp3) is 0.778. The van der Waals surface area contributed by atoms with Crippen molar-refractivity contribution in [1.82, 2.24) is 4.90 Å². The SMILES string of the molecule is COC(=O)CN1CCC(C=O)CC1. The van der Waals surface area contributed by atoms with Crippen molar-refractivity contribution in [3.63, 3.8) is 0 Å². The van der Waals surface area contributed by atoms with E-state index >= 15 is 0 Å². The van der Waals surface area contributed by atoms with E-state index in [1.165, 1.54) is 7.11 Å². The van der Waals surface area contributed by atoms with Crippen molar-refractivity contribution >= 4 is 12.3 Å². The van der Waals surface area contributed by atoms with Crippen LogP contribution < -0.4 is 0 Å². The van der Waals surface area contributed by atoms with Gasteiger partial charge in [-0.05, 0) is 25.9 Å². The second kappa shape index (κ2) is 4.97. The number of piperidine rings is 1. The molecule has 1 saturated heterocycles. The number of carbonyl (C=O) groups excluding carboxylic acids is 2. The van der Waals surface area contributed by atoms with Crippen molar-refractivity contribution in [2.75, 3.05) is 26.7 Å². The van der Waals surface area contributed by atoms with E-state index in [1.54, 1.807) is 0 Å². The van der Waals surface area contributed by atoms with Crippen LogP contribution in [0.5, 0.6) is 0 Å². The number of likely N-dealkylation sites (tertiary alicyclic amines) is 1. The first-order valence-corrected chi connectivity index (χ1v) is 4.50. The molecule has 0 saturated carbocycles. The van der Waals surface area contributed by atoms with Crippen LogP contribution in [0.15, 0.2) is 0 Å². The summed E-state index contributed by atoms with van der Waals surface area (Å²) < 4.78 is 4.56. The topological polar surface area (TPSA) is 46.6 Å². The summed E-state index contributed by atoms with van der Waals surface area (Å²) in [6, 6.07) is 0. The van der Waals surface area contributed by atoms with Crippen LogP contribution in [-0.4, -0.2) is 43.9 Å². The molecule has 0 unspecified atom stereocenters. The highest BCUT2D eigenvalue weighted by atomic mass is 16.5. The molecule has 1 aliphatic rings. The summed E-state index contributed by atoms with van der Waals surface area (Å²) in [6.45, 7) is 1.99. The minimum atomic E-state index is -0.204. The zero-order valence-electron chi connectivity index (χ0n) is 7.86. The number of nitrogens with zero attached hydrogens (tertiary/aromatic N) is 1. The largest absolute Gasteiger partial charge is 0.468 e. The third kappa shape index (κ3) is 3.14. The third-order valence-corrected chi connectivity index (χ3v) is 2.41. The Hall–Kier alpha value is -0.900. The van der Waals surface area contributed by atoms with Gasteiger partial charge in [0, 0.05) is 5.92 Å². The Morgan fingerprint density at radius 2 is 2.15 bits per heavy atom. The molecule has 0 amide bonds. The Kier molecular flexibility index (Phi) is 3.89. The predicted molar refractivity (Wildman–Crippen MR) is 47.2 cm³/mol. The molecule has 4 nitrogen and oxygen atoms in total. The van der Waals surface area contributed by atoms with E-state index < -0.39 is 0 Å². The van der Waals surface area contributed by atoms with Gasteiger partial charge in [0.1, 0.15) is 6.29 Å². The second-order valence-electron chi connectivity index (χ2n) is 3.33. The molecule has 0 radical (unpaired) electrons. The van der Waals surface area contributed by atoms with E-state index in [9.17, 15) is 9.59 Å². The van der Waals surface area contributed by atoms with E-state index in [0.29, 0.717) is 6.54 Å². The smallest absolute Gasteiger partial charge is 0.319 e. The molecule has 0 aromatic carbocycles. The van der Waals surface area contributed by atoms with Crippen molar-refractivity contribution in [2.24, 2.45) is 5.92 Å². The Bertz CT molecular complexity index is 185. The van der Waals surface area contributed by atoms with Crippen LogP contribution >= 0.6 is 0 Å². The van der Waals surface area contributed by atoms with Crippen molar-refractivity contribution in [3.8, 4) is 0 Å². The fourth-order valence-corrected chi connectivity index (χ4v) is 1.49. The molecule has 13 heavy (non-hydrogen) atoms. The summed E-state index contributed by atoms with van der Waals surface area (Å²) >= 11 is 0. The van der Waals surface area contributed by atoms with Crippen LogP contribution in [0.25, 0.3) is 0 Å². The van der Waals surface area contributed by atoms with Gasteiger partial charge >= 0.3 is 5.97 Å². The number of aldehydes is 1. The van der Waals surface area contributed by atoms with E-state index in [-0.39, 0.29) is 11.9 Å². The highest BCUT2D eigenvalue weighted by Crippen LogP contribution is 2.14. The van der Waals surface area contributed by atoms with Gasteiger partial charge < -0.3 is 9.53 Å². The van der Waals surface area contributed by atoms with Crippen LogP contribution in [0.4, 0.5) is 0 Å². The number of rotatable bonds is 3. The van der Waals surface area contributed by atoms with Crippen LogP contribution in [0.2, 0.25) is 0 Å². The predicted octanol–water partition coefficient (Wildman–Crippen LogP) is 0.0703. The highest BCUT2D eigenvalue weighted by Gasteiger charge is 2.20. The molecule has 74 valence electrons. The third-order valence-electron chi connectivity index (χ3n) is 2.41. The lowest BCUT2D eigenvalue weighted by Crippen LogP contribution is -2.38. The monoisotopic (exact) mass is 185 g/mol. The van der Waals surface area contributed by atoms with Gasteiger partial charge in [0.2, 0.25) is 0 Å². The van der Waals surface area contributed by atoms with Crippen molar-refractivity contribution < 1.29 is 14.3 Å². The maximum Gasteiger partial charge on any atom is 0.319 e. The quantitative estimate of drug-likeness (QED) is 0.461. The summed E-state index contributed by atoms with van der Waals surface area (Å²) in [6.07, 6.45) is 2.73. The van der Waals surface area contributed by atoms with Gasteiger partial charge in [-0.2, -0.15) is 0 Å². The summed E-state index contributed by atoms with van der Waals surface area (Å²) in [5, 5.41) is 0. The Balaban J connectivity index is 2.24. The first-order valence-electron chi connectivity index (χ1n) is 4.50. The van der Waals surface area contributed by atoms with Crippen LogP contribution in [-0.2, 0) is 14.3 Å². The first-order chi connectivity index (χ1) is 6.26.